The molecule has 2 aromatic rings. The number of nitrogens with zero attached hydrogens (tertiary/aromatic N) is 2. The molecule has 0 bridgehead atoms. The minimum absolute atomic E-state index is 0.179. The van der Waals surface area contributed by atoms with Crippen LogP contribution in [0, 0.1) is 0 Å². The van der Waals surface area contributed by atoms with Gasteiger partial charge in [-0.15, -0.1) is 0 Å². The molecular weight excluding hydrogens is 336 g/mol. The van der Waals surface area contributed by atoms with Gasteiger partial charge in [0, 0.05) is 21.1 Å². The summed E-state index contributed by atoms with van der Waals surface area (Å²) in [4.78, 5) is 13.7. The standard InChI is InChI=1S/C16H17ClN2O3S/c1-18(2)16(20)14-11-12(9-10-15(14)17)19(3)23(21,22)13-7-5-4-6-8-13/h4-11H,1-3H3. The largest absolute Gasteiger partial charge is 0.345 e. The molecule has 23 heavy (non-hydrogen) atoms. The van der Waals surface area contributed by atoms with Gasteiger partial charge in [-0.3, -0.25) is 9.10 Å². The van der Waals surface area contributed by atoms with Gasteiger partial charge in [0.2, 0.25) is 0 Å². The molecule has 0 radical (unpaired) electrons. The number of halogens is 1. The molecule has 0 aliphatic carbocycles. The number of carbonyl (C=O) groups is 1. The van der Waals surface area contributed by atoms with E-state index in [0.29, 0.717) is 5.69 Å². The van der Waals surface area contributed by atoms with Crippen molar-refractivity contribution in [1.82, 2.24) is 4.90 Å². The fraction of sp³-hybridized carbons (Fsp3) is 0.188. The minimum Gasteiger partial charge on any atom is -0.345 e. The number of anilines is 1. The fourth-order valence-corrected chi connectivity index (χ4v) is 3.41. The highest BCUT2D eigenvalue weighted by Crippen LogP contribution is 2.27. The van der Waals surface area contributed by atoms with Crippen LogP contribution in [0.1, 0.15) is 10.4 Å². The van der Waals surface area contributed by atoms with Crippen LogP contribution in [-0.4, -0.2) is 40.4 Å². The van der Waals surface area contributed by atoms with Crippen LogP contribution in [0.4, 0.5) is 5.69 Å². The summed E-state index contributed by atoms with van der Waals surface area (Å²) in [5.74, 6) is -0.289. The fourth-order valence-electron chi connectivity index (χ4n) is 2.00. The third-order valence-electron chi connectivity index (χ3n) is 3.35. The van der Waals surface area contributed by atoms with Crippen LogP contribution in [0.2, 0.25) is 5.02 Å². The predicted octanol–water partition coefficient (Wildman–Crippen LogP) is 2.87. The summed E-state index contributed by atoms with van der Waals surface area (Å²) in [6.45, 7) is 0. The number of amides is 1. The van der Waals surface area contributed by atoms with E-state index in [0.717, 1.165) is 4.31 Å². The first-order valence-electron chi connectivity index (χ1n) is 6.80. The van der Waals surface area contributed by atoms with Gasteiger partial charge >= 0.3 is 0 Å². The molecule has 5 nitrogen and oxygen atoms in total. The van der Waals surface area contributed by atoms with Crippen molar-refractivity contribution in [2.24, 2.45) is 0 Å². The average molecular weight is 353 g/mol. The van der Waals surface area contributed by atoms with E-state index in [9.17, 15) is 13.2 Å². The van der Waals surface area contributed by atoms with Gasteiger partial charge in [0.1, 0.15) is 0 Å². The molecule has 0 N–H and O–H groups in total. The minimum atomic E-state index is -3.70. The highest BCUT2D eigenvalue weighted by molar-refractivity contribution is 7.92. The van der Waals surface area contributed by atoms with Crippen molar-refractivity contribution in [1.29, 1.82) is 0 Å². The van der Waals surface area contributed by atoms with E-state index >= 15 is 0 Å². The van der Waals surface area contributed by atoms with Crippen molar-refractivity contribution in [3.8, 4) is 0 Å². The molecule has 0 aliphatic heterocycles. The zero-order chi connectivity index (χ0) is 17.2. The first-order valence-corrected chi connectivity index (χ1v) is 8.62. The van der Waals surface area contributed by atoms with Crippen molar-refractivity contribution in [2.45, 2.75) is 4.90 Å². The number of rotatable bonds is 4. The van der Waals surface area contributed by atoms with Crippen molar-refractivity contribution < 1.29 is 13.2 Å². The molecule has 0 aromatic heterocycles. The maximum absolute atomic E-state index is 12.6. The Morgan fingerprint density at radius 3 is 2.17 bits per heavy atom. The lowest BCUT2D eigenvalue weighted by molar-refractivity contribution is 0.0828. The number of sulfonamides is 1. The van der Waals surface area contributed by atoms with E-state index in [1.807, 2.05) is 0 Å². The van der Waals surface area contributed by atoms with Crippen LogP contribution in [0.15, 0.2) is 53.4 Å². The number of benzene rings is 2. The van der Waals surface area contributed by atoms with E-state index in [4.69, 9.17) is 11.6 Å². The Kier molecular flexibility index (Phi) is 4.97. The highest BCUT2D eigenvalue weighted by Gasteiger charge is 2.22. The SMILES string of the molecule is CN(C)C(=O)c1cc(N(C)S(=O)(=O)c2ccccc2)ccc1Cl. The summed E-state index contributed by atoms with van der Waals surface area (Å²) in [7, 11) is 0.952. The third kappa shape index (κ3) is 3.48. The summed E-state index contributed by atoms with van der Waals surface area (Å²) in [6, 6.07) is 12.7. The molecule has 0 heterocycles. The van der Waals surface area contributed by atoms with Crippen molar-refractivity contribution in [3.63, 3.8) is 0 Å². The monoisotopic (exact) mass is 352 g/mol. The predicted molar refractivity (Wildman–Crippen MR) is 91.5 cm³/mol. The van der Waals surface area contributed by atoms with Crippen LogP contribution in [0.25, 0.3) is 0 Å². The van der Waals surface area contributed by atoms with E-state index < -0.39 is 10.0 Å². The topological polar surface area (TPSA) is 57.7 Å². The van der Waals surface area contributed by atoms with Gasteiger partial charge in [0.25, 0.3) is 15.9 Å². The first-order chi connectivity index (χ1) is 10.7. The van der Waals surface area contributed by atoms with Crippen LogP contribution in [0.3, 0.4) is 0 Å². The summed E-state index contributed by atoms with van der Waals surface area (Å²) >= 11 is 6.06. The second-order valence-corrected chi connectivity index (χ2v) is 7.53. The molecule has 0 spiro atoms. The molecule has 0 saturated carbocycles. The Balaban J connectivity index is 2.46. The van der Waals surface area contributed by atoms with E-state index in [2.05, 4.69) is 0 Å². The molecule has 1 amide bonds. The third-order valence-corrected chi connectivity index (χ3v) is 5.48. The Hall–Kier alpha value is -2.05. The average Bonchev–Trinajstić information content (AvgIpc) is 2.54. The van der Waals surface area contributed by atoms with Gasteiger partial charge in [0.15, 0.2) is 0 Å². The Morgan fingerprint density at radius 1 is 1.00 bits per heavy atom. The van der Waals surface area contributed by atoms with Gasteiger partial charge in [-0.25, -0.2) is 8.42 Å². The number of carbonyl (C=O) groups excluding carboxylic acids is 1. The first kappa shape index (κ1) is 17.3. The zero-order valence-electron chi connectivity index (χ0n) is 13.0. The number of hydrogen-bond donors (Lipinski definition) is 0. The molecule has 2 aromatic carbocycles. The van der Waals surface area contributed by atoms with Crippen LogP contribution >= 0.6 is 11.6 Å². The normalized spacial score (nSPS) is 11.1. The van der Waals surface area contributed by atoms with Gasteiger partial charge in [-0.2, -0.15) is 0 Å². The van der Waals surface area contributed by atoms with Crippen molar-refractivity contribution in [2.75, 3.05) is 25.4 Å². The van der Waals surface area contributed by atoms with Gasteiger partial charge in [-0.1, -0.05) is 29.8 Å². The second kappa shape index (κ2) is 6.60. The van der Waals surface area contributed by atoms with E-state index in [1.165, 1.54) is 36.2 Å². The summed E-state index contributed by atoms with van der Waals surface area (Å²) in [6.07, 6.45) is 0. The molecule has 7 heteroatoms. The lowest BCUT2D eigenvalue weighted by Gasteiger charge is -2.21. The van der Waals surface area contributed by atoms with E-state index in [-0.39, 0.29) is 21.4 Å². The lowest BCUT2D eigenvalue weighted by Crippen LogP contribution is -2.27. The van der Waals surface area contributed by atoms with Gasteiger partial charge in [-0.05, 0) is 30.3 Å². The van der Waals surface area contributed by atoms with Crippen LogP contribution in [-0.2, 0) is 10.0 Å². The van der Waals surface area contributed by atoms with Gasteiger partial charge in [0.05, 0.1) is 21.2 Å². The van der Waals surface area contributed by atoms with Gasteiger partial charge < -0.3 is 4.90 Å². The molecule has 122 valence electrons. The molecule has 0 fully saturated rings. The summed E-state index contributed by atoms with van der Waals surface area (Å²) in [5.41, 5.74) is 0.618. The van der Waals surface area contributed by atoms with Crippen molar-refractivity contribution >= 4 is 33.2 Å². The highest BCUT2D eigenvalue weighted by atomic mass is 35.5. The quantitative estimate of drug-likeness (QED) is 0.850. The second-order valence-electron chi connectivity index (χ2n) is 5.15. The van der Waals surface area contributed by atoms with Crippen LogP contribution < -0.4 is 4.31 Å². The number of hydrogen-bond acceptors (Lipinski definition) is 3. The Bertz CT molecular complexity index is 820. The maximum atomic E-state index is 12.6. The maximum Gasteiger partial charge on any atom is 0.264 e. The molecule has 0 aliphatic rings. The van der Waals surface area contributed by atoms with Crippen molar-refractivity contribution in [3.05, 3.63) is 59.1 Å². The smallest absolute Gasteiger partial charge is 0.264 e. The lowest BCUT2D eigenvalue weighted by atomic mass is 10.2. The Morgan fingerprint density at radius 2 is 1.61 bits per heavy atom. The summed E-state index contributed by atoms with van der Waals surface area (Å²) in [5, 5.41) is 0.276. The zero-order valence-corrected chi connectivity index (χ0v) is 14.6. The van der Waals surface area contributed by atoms with Crippen LogP contribution in [0.5, 0.6) is 0 Å². The molecule has 0 saturated heterocycles. The summed E-state index contributed by atoms with van der Waals surface area (Å²) < 4.78 is 26.4. The molecular formula is C16H17ClN2O3S. The molecule has 0 unspecified atom stereocenters. The Labute approximate surface area is 141 Å². The molecule has 2 rings (SSSR count). The van der Waals surface area contributed by atoms with E-state index in [1.54, 1.807) is 38.4 Å². The molecule has 0 atom stereocenters.